The highest BCUT2D eigenvalue weighted by molar-refractivity contribution is 5.94. The minimum absolute atomic E-state index is 0.0369. The molecule has 2 atom stereocenters. The number of nitrogens with zero attached hydrogens (tertiary/aromatic N) is 1. The first-order valence-corrected chi connectivity index (χ1v) is 6.79. The lowest BCUT2D eigenvalue weighted by atomic mass is 9.94. The molecule has 2 rings (SSSR count). The van der Waals surface area contributed by atoms with Crippen LogP contribution in [-0.2, 0) is 0 Å². The molecule has 1 aromatic carbocycles. The van der Waals surface area contributed by atoms with Crippen molar-refractivity contribution in [3.8, 4) is 5.75 Å². The second kappa shape index (κ2) is 6.24. The quantitative estimate of drug-likeness (QED) is 0.859. The highest BCUT2D eigenvalue weighted by Crippen LogP contribution is 2.22. The van der Waals surface area contributed by atoms with Crippen LogP contribution in [0.25, 0.3) is 0 Å². The average Bonchev–Trinajstić information content (AvgIpc) is 2.46. The highest BCUT2D eigenvalue weighted by Gasteiger charge is 2.30. The number of methoxy groups -OCH3 is 1. The molecule has 1 saturated heterocycles. The maximum atomic E-state index is 12.4. The summed E-state index contributed by atoms with van der Waals surface area (Å²) in [5.41, 5.74) is 1.50. The number of hydrogen-bond acceptors (Lipinski definition) is 4. The van der Waals surface area contributed by atoms with Gasteiger partial charge < -0.3 is 19.8 Å². The Morgan fingerprint density at radius 3 is 2.80 bits per heavy atom. The number of aryl methyl sites for hydroxylation is 1. The summed E-state index contributed by atoms with van der Waals surface area (Å²) in [6.45, 7) is 2.69. The Hall–Kier alpha value is -1.59. The van der Waals surface area contributed by atoms with E-state index in [0.29, 0.717) is 18.5 Å². The Morgan fingerprint density at radius 1 is 1.50 bits per heavy atom. The van der Waals surface area contributed by atoms with Gasteiger partial charge in [0.2, 0.25) is 0 Å². The number of ether oxygens (including phenoxy) is 1. The van der Waals surface area contributed by atoms with E-state index in [2.05, 4.69) is 0 Å². The SMILES string of the molecule is COc1ccc(C(=O)N2CC[C@H](CO)[C@@H](O)C2)cc1C. The lowest BCUT2D eigenvalue weighted by Crippen LogP contribution is -2.47. The van der Waals surface area contributed by atoms with Crippen molar-refractivity contribution in [2.24, 2.45) is 5.92 Å². The standard InChI is InChI=1S/C15H21NO4/c1-10-7-11(3-4-14(10)20-2)15(19)16-6-5-12(9-17)13(18)8-16/h3-4,7,12-13,17-18H,5-6,8-9H2,1-2H3/t12-,13+/m1/s1. The van der Waals surface area contributed by atoms with Crippen LogP contribution in [0, 0.1) is 12.8 Å². The molecule has 1 fully saturated rings. The molecule has 2 N–H and O–H groups in total. The van der Waals surface area contributed by atoms with Crippen LogP contribution in [0.3, 0.4) is 0 Å². The van der Waals surface area contributed by atoms with E-state index >= 15 is 0 Å². The second-order valence-electron chi connectivity index (χ2n) is 5.23. The first-order valence-electron chi connectivity index (χ1n) is 6.79. The molecule has 110 valence electrons. The van der Waals surface area contributed by atoms with Crippen molar-refractivity contribution in [2.45, 2.75) is 19.4 Å². The Morgan fingerprint density at radius 2 is 2.25 bits per heavy atom. The van der Waals surface area contributed by atoms with Gasteiger partial charge in [-0.1, -0.05) is 0 Å². The number of piperidine rings is 1. The normalized spacial score (nSPS) is 22.7. The minimum atomic E-state index is -0.656. The number of likely N-dealkylation sites (tertiary alicyclic amines) is 1. The van der Waals surface area contributed by atoms with E-state index in [1.54, 1.807) is 30.2 Å². The molecule has 0 aromatic heterocycles. The molecule has 0 saturated carbocycles. The van der Waals surface area contributed by atoms with E-state index in [4.69, 9.17) is 9.84 Å². The van der Waals surface area contributed by atoms with Gasteiger partial charge in [0, 0.05) is 31.2 Å². The molecule has 1 aliphatic heterocycles. The molecule has 1 amide bonds. The fourth-order valence-electron chi connectivity index (χ4n) is 2.57. The molecule has 0 spiro atoms. The predicted octanol–water partition coefficient (Wildman–Crippen LogP) is 0.819. The highest BCUT2D eigenvalue weighted by atomic mass is 16.5. The zero-order chi connectivity index (χ0) is 14.7. The third kappa shape index (κ3) is 2.94. The van der Waals surface area contributed by atoms with Crippen molar-refractivity contribution < 1.29 is 19.7 Å². The number of carbonyl (C=O) groups excluding carboxylic acids is 1. The number of benzene rings is 1. The van der Waals surface area contributed by atoms with Crippen LogP contribution < -0.4 is 4.74 Å². The smallest absolute Gasteiger partial charge is 0.253 e. The molecule has 5 heteroatoms. The monoisotopic (exact) mass is 279 g/mol. The summed E-state index contributed by atoms with van der Waals surface area (Å²) in [6.07, 6.45) is -0.0320. The zero-order valence-corrected chi connectivity index (χ0v) is 11.9. The minimum Gasteiger partial charge on any atom is -0.496 e. The van der Waals surface area contributed by atoms with Gasteiger partial charge in [0.25, 0.3) is 5.91 Å². The summed E-state index contributed by atoms with van der Waals surface area (Å²) in [6, 6.07) is 5.31. The average molecular weight is 279 g/mol. The molecule has 1 heterocycles. The number of hydrogen-bond donors (Lipinski definition) is 2. The maximum Gasteiger partial charge on any atom is 0.253 e. The Labute approximate surface area is 118 Å². The summed E-state index contributed by atoms with van der Waals surface area (Å²) in [7, 11) is 1.60. The number of β-amino-alcohol motifs (C(OH)–C–C–N with tert-alkyl or cyclic N) is 1. The van der Waals surface area contributed by atoms with Crippen molar-refractivity contribution in [3.63, 3.8) is 0 Å². The molecule has 20 heavy (non-hydrogen) atoms. The van der Waals surface area contributed by atoms with Gasteiger partial charge in [-0.25, -0.2) is 0 Å². The molecular formula is C15H21NO4. The number of carbonyl (C=O) groups is 1. The fraction of sp³-hybridized carbons (Fsp3) is 0.533. The third-order valence-electron chi connectivity index (χ3n) is 3.88. The van der Waals surface area contributed by atoms with Crippen molar-refractivity contribution in [3.05, 3.63) is 29.3 Å². The zero-order valence-electron chi connectivity index (χ0n) is 11.9. The van der Waals surface area contributed by atoms with Crippen LogP contribution >= 0.6 is 0 Å². The van der Waals surface area contributed by atoms with Gasteiger partial charge in [0.15, 0.2) is 0 Å². The van der Waals surface area contributed by atoms with E-state index in [1.165, 1.54) is 0 Å². The molecule has 0 unspecified atom stereocenters. The predicted molar refractivity (Wildman–Crippen MR) is 74.8 cm³/mol. The topological polar surface area (TPSA) is 70.0 Å². The first-order chi connectivity index (χ1) is 9.56. The van der Waals surface area contributed by atoms with Crippen molar-refractivity contribution in [2.75, 3.05) is 26.8 Å². The van der Waals surface area contributed by atoms with Gasteiger partial charge in [-0.2, -0.15) is 0 Å². The molecule has 5 nitrogen and oxygen atoms in total. The molecule has 0 aliphatic carbocycles. The lowest BCUT2D eigenvalue weighted by Gasteiger charge is -2.35. The van der Waals surface area contributed by atoms with Crippen LogP contribution in [0.15, 0.2) is 18.2 Å². The number of rotatable bonds is 3. The van der Waals surface area contributed by atoms with Gasteiger partial charge in [-0.3, -0.25) is 4.79 Å². The van der Waals surface area contributed by atoms with Crippen LogP contribution in [0.1, 0.15) is 22.3 Å². The fourth-order valence-corrected chi connectivity index (χ4v) is 2.57. The van der Waals surface area contributed by atoms with Crippen LogP contribution in [0.5, 0.6) is 5.75 Å². The van der Waals surface area contributed by atoms with E-state index in [1.807, 2.05) is 6.92 Å². The van der Waals surface area contributed by atoms with Gasteiger partial charge >= 0.3 is 0 Å². The van der Waals surface area contributed by atoms with Gasteiger partial charge in [0.1, 0.15) is 5.75 Å². The van der Waals surface area contributed by atoms with E-state index < -0.39 is 6.10 Å². The largest absolute Gasteiger partial charge is 0.496 e. The van der Waals surface area contributed by atoms with Gasteiger partial charge in [0.05, 0.1) is 13.2 Å². The number of aliphatic hydroxyl groups excluding tert-OH is 2. The molecule has 1 aliphatic rings. The van der Waals surface area contributed by atoms with Gasteiger partial charge in [-0.15, -0.1) is 0 Å². The maximum absolute atomic E-state index is 12.4. The molecular weight excluding hydrogens is 258 g/mol. The number of amides is 1. The number of aliphatic hydroxyl groups is 2. The van der Waals surface area contributed by atoms with Gasteiger partial charge in [-0.05, 0) is 37.1 Å². The third-order valence-corrected chi connectivity index (χ3v) is 3.88. The summed E-state index contributed by atoms with van der Waals surface area (Å²) in [4.78, 5) is 14.0. The second-order valence-corrected chi connectivity index (χ2v) is 5.23. The molecule has 0 bridgehead atoms. The van der Waals surface area contributed by atoms with Crippen LogP contribution in [0.4, 0.5) is 0 Å². The van der Waals surface area contributed by atoms with Crippen LogP contribution in [-0.4, -0.2) is 53.9 Å². The summed E-state index contributed by atoms with van der Waals surface area (Å²) >= 11 is 0. The first kappa shape index (κ1) is 14.8. The van der Waals surface area contributed by atoms with Crippen LogP contribution in [0.2, 0.25) is 0 Å². The Kier molecular flexibility index (Phi) is 4.62. The van der Waals surface area contributed by atoms with E-state index in [-0.39, 0.29) is 25.0 Å². The summed E-state index contributed by atoms with van der Waals surface area (Å²) in [5, 5.41) is 19.0. The van der Waals surface area contributed by atoms with Crippen molar-refractivity contribution in [1.82, 2.24) is 4.90 Å². The Balaban J connectivity index is 2.10. The molecule has 0 radical (unpaired) electrons. The summed E-state index contributed by atoms with van der Waals surface area (Å²) < 4.78 is 5.18. The van der Waals surface area contributed by atoms with Crippen molar-refractivity contribution in [1.29, 1.82) is 0 Å². The molecule has 1 aromatic rings. The van der Waals surface area contributed by atoms with E-state index in [9.17, 15) is 9.90 Å². The van der Waals surface area contributed by atoms with E-state index in [0.717, 1.165) is 11.3 Å². The summed E-state index contributed by atoms with van der Waals surface area (Å²) in [5.74, 6) is 0.531. The lowest BCUT2D eigenvalue weighted by molar-refractivity contribution is 0.000873. The van der Waals surface area contributed by atoms with Crippen molar-refractivity contribution >= 4 is 5.91 Å². The Bertz CT molecular complexity index is 489.